The lowest BCUT2D eigenvalue weighted by atomic mass is 10.2. The van der Waals surface area contributed by atoms with Gasteiger partial charge in [-0.2, -0.15) is 5.10 Å². The van der Waals surface area contributed by atoms with Gasteiger partial charge in [-0.3, -0.25) is 5.10 Å². The third kappa shape index (κ3) is 2.71. The van der Waals surface area contributed by atoms with Gasteiger partial charge in [0.2, 0.25) is 10.0 Å². The molecule has 2 aromatic rings. The van der Waals surface area contributed by atoms with Crippen LogP contribution in [0.3, 0.4) is 0 Å². The van der Waals surface area contributed by atoms with Crippen molar-refractivity contribution in [1.29, 1.82) is 0 Å². The highest BCUT2D eigenvalue weighted by atomic mass is 32.2. The molecular weight excluding hydrogens is 264 g/mol. The van der Waals surface area contributed by atoms with E-state index in [2.05, 4.69) is 14.9 Å². The van der Waals surface area contributed by atoms with Gasteiger partial charge in [-0.05, 0) is 18.2 Å². The van der Waals surface area contributed by atoms with E-state index in [1.54, 1.807) is 0 Å². The highest BCUT2D eigenvalue weighted by Gasteiger charge is 2.15. The molecule has 1 aromatic carbocycles. The Morgan fingerprint density at radius 1 is 1.33 bits per heavy atom. The van der Waals surface area contributed by atoms with E-state index in [0.29, 0.717) is 0 Å². The van der Waals surface area contributed by atoms with Gasteiger partial charge in [-0.15, -0.1) is 0 Å². The topological polar surface area (TPSA) is 74.8 Å². The van der Waals surface area contributed by atoms with E-state index in [4.69, 9.17) is 0 Å². The largest absolute Gasteiger partial charge is 0.284 e. The number of aromatic nitrogens is 2. The van der Waals surface area contributed by atoms with Crippen molar-refractivity contribution in [2.45, 2.75) is 11.4 Å². The molecule has 1 aromatic heterocycles. The zero-order chi connectivity index (χ0) is 13.2. The monoisotopic (exact) mass is 273 g/mol. The van der Waals surface area contributed by atoms with E-state index in [0.717, 1.165) is 24.4 Å². The SMILES string of the molecule is O=S(=O)(NCc1cc(F)ccc1F)c1cn[nH]c1. The molecule has 96 valence electrons. The molecule has 0 aliphatic heterocycles. The average Bonchev–Trinajstić information content (AvgIpc) is 2.85. The van der Waals surface area contributed by atoms with Crippen LogP contribution in [0.4, 0.5) is 8.78 Å². The van der Waals surface area contributed by atoms with Crippen LogP contribution in [-0.2, 0) is 16.6 Å². The van der Waals surface area contributed by atoms with Crippen LogP contribution in [0.15, 0.2) is 35.5 Å². The number of hydrogen-bond acceptors (Lipinski definition) is 3. The Kier molecular flexibility index (Phi) is 3.39. The smallest absolute Gasteiger partial charge is 0.243 e. The fourth-order valence-electron chi connectivity index (χ4n) is 1.32. The van der Waals surface area contributed by atoms with Crippen LogP contribution in [0.2, 0.25) is 0 Å². The maximum atomic E-state index is 13.3. The molecule has 0 bridgehead atoms. The fourth-order valence-corrected chi connectivity index (χ4v) is 2.23. The molecule has 0 unspecified atom stereocenters. The van der Waals surface area contributed by atoms with Crippen molar-refractivity contribution in [2.75, 3.05) is 0 Å². The van der Waals surface area contributed by atoms with Crippen LogP contribution in [0, 0.1) is 11.6 Å². The number of halogens is 2. The van der Waals surface area contributed by atoms with Crippen LogP contribution in [-0.4, -0.2) is 18.6 Å². The van der Waals surface area contributed by atoms with Crippen molar-refractivity contribution in [2.24, 2.45) is 0 Å². The first kappa shape index (κ1) is 12.7. The Morgan fingerprint density at radius 2 is 2.11 bits per heavy atom. The normalized spacial score (nSPS) is 11.7. The van der Waals surface area contributed by atoms with Crippen LogP contribution in [0.25, 0.3) is 0 Å². The lowest BCUT2D eigenvalue weighted by Crippen LogP contribution is -2.23. The summed E-state index contributed by atoms with van der Waals surface area (Å²) in [5.41, 5.74) is -0.0675. The van der Waals surface area contributed by atoms with Crippen molar-refractivity contribution in [1.82, 2.24) is 14.9 Å². The van der Waals surface area contributed by atoms with Gasteiger partial charge < -0.3 is 0 Å². The molecule has 0 spiro atoms. The Hall–Kier alpha value is -1.80. The summed E-state index contributed by atoms with van der Waals surface area (Å²) in [7, 11) is -3.78. The predicted molar refractivity (Wildman–Crippen MR) is 59.0 cm³/mol. The fraction of sp³-hybridized carbons (Fsp3) is 0.100. The molecule has 0 saturated heterocycles. The van der Waals surface area contributed by atoms with Gasteiger partial charge in [-0.1, -0.05) is 0 Å². The van der Waals surface area contributed by atoms with Gasteiger partial charge in [0.1, 0.15) is 16.5 Å². The number of nitrogens with zero attached hydrogens (tertiary/aromatic N) is 1. The molecule has 0 amide bonds. The highest BCUT2D eigenvalue weighted by molar-refractivity contribution is 7.89. The summed E-state index contributed by atoms with van der Waals surface area (Å²) in [6.45, 7) is -0.336. The molecule has 8 heteroatoms. The molecule has 0 atom stereocenters. The van der Waals surface area contributed by atoms with E-state index in [9.17, 15) is 17.2 Å². The quantitative estimate of drug-likeness (QED) is 0.878. The van der Waals surface area contributed by atoms with E-state index < -0.39 is 21.7 Å². The lowest BCUT2D eigenvalue weighted by Gasteiger charge is -2.05. The van der Waals surface area contributed by atoms with Gasteiger partial charge in [0.05, 0.1) is 6.20 Å². The van der Waals surface area contributed by atoms with Crippen molar-refractivity contribution in [3.05, 3.63) is 47.8 Å². The minimum absolute atomic E-state index is 0.0675. The second-order valence-corrected chi connectivity index (χ2v) is 5.26. The first-order valence-corrected chi connectivity index (χ1v) is 6.40. The molecule has 18 heavy (non-hydrogen) atoms. The molecule has 0 aliphatic carbocycles. The number of sulfonamides is 1. The third-order valence-corrected chi connectivity index (χ3v) is 3.61. The van der Waals surface area contributed by atoms with Crippen molar-refractivity contribution in [3.8, 4) is 0 Å². The van der Waals surface area contributed by atoms with Crippen LogP contribution in [0.1, 0.15) is 5.56 Å². The van der Waals surface area contributed by atoms with E-state index in [-0.39, 0.29) is 17.0 Å². The van der Waals surface area contributed by atoms with Crippen molar-refractivity contribution < 1.29 is 17.2 Å². The van der Waals surface area contributed by atoms with Crippen molar-refractivity contribution in [3.63, 3.8) is 0 Å². The van der Waals surface area contributed by atoms with Crippen LogP contribution in [0.5, 0.6) is 0 Å². The molecule has 0 fully saturated rings. The van der Waals surface area contributed by atoms with Gasteiger partial charge in [-0.25, -0.2) is 21.9 Å². The van der Waals surface area contributed by atoms with Gasteiger partial charge >= 0.3 is 0 Å². The van der Waals surface area contributed by atoms with Crippen LogP contribution < -0.4 is 4.72 Å². The molecule has 2 rings (SSSR count). The molecule has 1 heterocycles. The second-order valence-electron chi connectivity index (χ2n) is 3.49. The number of aromatic amines is 1. The minimum Gasteiger partial charge on any atom is -0.284 e. The zero-order valence-corrected chi connectivity index (χ0v) is 9.84. The van der Waals surface area contributed by atoms with Gasteiger partial charge in [0, 0.05) is 18.3 Å². The second kappa shape index (κ2) is 4.83. The first-order chi connectivity index (χ1) is 8.49. The Balaban J connectivity index is 2.15. The number of nitrogens with one attached hydrogen (secondary N) is 2. The molecule has 0 radical (unpaired) electrons. The summed E-state index contributed by atoms with van der Waals surface area (Å²) in [4.78, 5) is -0.0701. The highest BCUT2D eigenvalue weighted by Crippen LogP contribution is 2.11. The Bertz CT molecular complexity index is 641. The van der Waals surface area contributed by atoms with E-state index >= 15 is 0 Å². The summed E-state index contributed by atoms with van der Waals surface area (Å²) in [6.07, 6.45) is 2.30. The number of H-pyrrole nitrogens is 1. The first-order valence-electron chi connectivity index (χ1n) is 4.91. The van der Waals surface area contributed by atoms with E-state index in [1.807, 2.05) is 0 Å². The average molecular weight is 273 g/mol. The minimum atomic E-state index is -3.78. The molecule has 0 saturated carbocycles. The Labute approximate surface area is 102 Å². The van der Waals surface area contributed by atoms with E-state index in [1.165, 1.54) is 6.20 Å². The molecule has 2 N–H and O–H groups in total. The summed E-state index contributed by atoms with van der Waals surface area (Å²) >= 11 is 0. The third-order valence-electron chi connectivity index (χ3n) is 2.24. The summed E-state index contributed by atoms with van der Waals surface area (Å²) < 4.78 is 51.7. The number of rotatable bonds is 4. The van der Waals surface area contributed by atoms with Gasteiger partial charge in [0.25, 0.3) is 0 Å². The zero-order valence-electron chi connectivity index (χ0n) is 9.02. The van der Waals surface area contributed by atoms with Crippen molar-refractivity contribution >= 4 is 10.0 Å². The maximum absolute atomic E-state index is 13.3. The molecular formula is C10H9F2N3O2S. The molecule has 5 nitrogen and oxygen atoms in total. The number of hydrogen-bond donors (Lipinski definition) is 2. The maximum Gasteiger partial charge on any atom is 0.243 e. The molecule has 0 aliphatic rings. The number of benzene rings is 1. The lowest BCUT2D eigenvalue weighted by molar-refractivity contribution is 0.567. The summed E-state index contributed by atoms with van der Waals surface area (Å²) in [6, 6.07) is 2.84. The summed E-state index contributed by atoms with van der Waals surface area (Å²) in [5, 5.41) is 5.85. The Morgan fingerprint density at radius 3 is 2.78 bits per heavy atom. The predicted octanol–water partition coefficient (Wildman–Crippen LogP) is 1.17. The summed E-state index contributed by atoms with van der Waals surface area (Å²) in [5.74, 6) is -1.31. The van der Waals surface area contributed by atoms with Crippen LogP contribution >= 0.6 is 0 Å². The van der Waals surface area contributed by atoms with Gasteiger partial charge in [0.15, 0.2) is 0 Å². The standard InChI is InChI=1S/C10H9F2N3O2S/c11-8-1-2-10(12)7(3-8)4-15-18(16,17)9-5-13-14-6-9/h1-3,5-6,15H,4H2,(H,13,14).